The molecule has 0 saturated carbocycles. The molecule has 1 aromatic carbocycles. The van der Waals surface area contributed by atoms with Gasteiger partial charge < -0.3 is 4.74 Å². The molecule has 1 fully saturated rings. The second-order valence-electron chi connectivity index (χ2n) is 6.00. The summed E-state index contributed by atoms with van der Waals surface area (Å²) < 4.78 is 5.36. The topological polar surface area (TPSA) is 26.3 Å². The molecule has 0 spiro atoms. The summed E-state index contributed by atoms with van der Waals surface area (Å²) in [5, 5.41) is 0. The molecule has 0 radical (unpaired) electrons. The summed E-state index contributed by atoms with van der Waals surface area (Å²) in [4.78, 5) is 12.5. The van der Waals surface area contributed by atoms with Crippen LogP contribution in [-0.2, 0) is 11.2 Å². The van der Waals surface area contributed by atoms with Crippen LogP contribution >= 0.6 is 0 Å². The van der Waals surface area contributed by atoms with Crippen molar-refractivity contribution in [3.8, 4) is 0 Å². The van der Waals surface area contributed by atoms with E-state index in [0.717, 1.165) is 38.0 Å². The van der Waals surface area contributed by atoms with Crippen LogP contribution in [0.4, 0.5) is 0 Å². The minimum absolute atomic E-state index is 0.345. The lowest BCUT2D eigenvalue weighted by molar-refractivity contribution is 0.0601. The summed E-state index contributed by atoms with van der Waals surface area (Å²) in [7, 11) is 0. The Labute approximate surface area is 115 Å². The first kappa shape index (κ1) is 12.9. The van der Waals surface area contributed by atoms with Gasteiger partial charge in [-0.1, -0.05) is 25.1 Å². The third kappa shape index (κ3) is 2.59. The predicted octanol–water partition coefficient (Wildman–Crippen LogP) is 3.74. The summed E-state index contributed by atoms with van der Waals surface area (Å²) in [6.07, 6.45) is 5.05. The molecule has 1 heterocycles. The standard InChI is InChI=1S/C17H22O2/c1-12-5-6-15-14(12)3-2-4-16(15)17(18)11-13-7-9-19-10-8-13/h2-4,12-13H,5-11H2,1H3/t12-/m1/s1. The number of benzene rings is 1. The van der Waals surface area contributed by atoms with E-state index in [1.807, 2.05) is 6.07 Å². The van der Waals surface area contributed by atoms with Crippen LogP contribution in [0.3, 0.4) is 0 Å². The van der Waals surface area contributed by atoms with Gasteiger partial charge in [0.1, 0.15) is 0 Å². The fraction of sp³-hybridized carbons (Fsp3) is 0.588. The molecule has 0 aromatic heterocycles. The van der Waals surface area contributed by atoms with E-state index < -0.39 is 0 Å². The van der Waals surface area contributed by atoms with E-state index in [1.165, 1.54) is 17.5 Å². The molecule has 3 rings (SSSR count). The van der Waals surface area contributed by atoms with E-state index in [1.54, 1.807) is 0 Å². The van der Waals surface area contributed by atoms with Crippen LogP contribution in [0.2, 0.25) is 0 Å². The van der Waals surface area contributed by atoms with Crippen LogP contribution in [-0.4, -0.2) is 19.0 Å². The zero-order chi connectivity index (χ0) is 13.2. The van der Waals surface area contributed by atoms with E-state index in [4.69, 9.17) is 4.74 Å². The van der Waals surface area contributed by atoms with Gasteiger partial charge in [-0.15, -0.1) is 0 Å². The van der Waals surface area contributed by atoms with Gasteiger partial charge in [0.2, 0.25) is 0 Å². The monoisotopic (exact) mass is 258 g/mol. The second-order valence-corrected chi connectivity index (χ2v) is 6.00. The fourth-order valence-corrected chi connectivity index (χ4v) is 3.45. The minimum atomic E-state index is 0.345. The first-order chi connectivity index (χ1) is 9.25. The maximum absolute atomic E-state index is 12.5. The molecule has 1 atom stereocenters. The van der Waals surface area contributed by atoms with Crippen LogP contribution in [0.1, 0.15) is 60.0 Å². The van der Waals surface area contributed by atoms with E-state index >= 15 is 0 Å². The van der Waals surface area contributed by atoms with E-state index in [2.05, 4.69) is 19.1 Å². The Balaban J connectivity index is 1.77. The van der Waals surface area contributed by atoms with Crippen molar-refractivity contribution in [3.05, 3.63) is 34.9 Å². The minimum Gasteiger partial charge on any atom is -0.381 e. The van der Waals surface area contributed by atoms with Crippen molar-refractivity contribution in [1.29, 1.82) is 0 Å². The third-order valence-corrected chi connectivity index (χ3v) is 4.69. The number of carbonyl (C=O) groups excluding carboxylic acids is 1. The smallest absolute Gasteiger partial charge is 0.163 e. The van der Waals surface area contributed by atoms with Gasteiger partial charge in [0.15, 0.2) is 5.78 Å². The SMILES string of the molecule is C[C@@H]1CCc2c(C(=O)CC3CCOCC3)cccc21. The zero-order valence-corrected chi connectivity index (χ0v) is 11.7. The Bertz CT molecular complexity index is 472. The molecule has 102 valence electrons. The number of hydrogen-bond donors (Lipinski definition) is 0. The molecule has 1 saturated heterocycles. The van der Waals surface area contributed by atoms with Crippen molar-refractivity contribution in [2.24, 2.45) is 5.92 Å². The lowest BCUT2D eigenvalue weighted by atomic mass is 9.89. The number of hydrogen-bond acceptors (Lipinski definition) is 2. The average Bonchev–Trinajstić information content (AvgIpc) is 2.82. The highest BCUT2D eigenvalue weighted by Crippen LogP contribution is 2.35. The summed E-state index contributed by atoms with van der Waals surface area (Å²) in [6.45, 7) is 3.91. The Morgan fingerprint density at radius 1 is 1.26 bits per heavy atom. The van der Waals surface area contributed by atoms with Crippen molar-refractivity contribution in [3.63, 3.8) is 0 Å². The number of fused-ring (bicyclic) bond motifs is 1. The average molecular weight is 258 g/mol. The van der Waals surface area contributed by atoms with Gasteiger partial charge in [-0.05, 0) is 48.6 Å². The van der Waals surface area contributed by atoms with Crippen molar-refractivity contribution in [2.75, 3.05) is 13.2 Å². The molecule has 1 aliphatic heterocycles. The van der Waals surface area contributed by atoms with E-state index in [0.29, 0.717) is 24.0 Å². The maximum Gasteiger partial charge on any atom is 0.163 e. The predicted molar refractivity (Wildman–Crippen MR) is 75.7 cm³/mol. The summed E-state index contributed by atoms with van der Waals surface area (Å²) in [6, 6.07) is 6.27. The van der Waals surface area contributed by atoms with Crippen molar-refractivity contribution in [1.82, 2.24) is 0 Å². The molecule has 1 aliphatic carbocycles. The van der Waals surface area contributed by atoms with Crippen LogP contribution in [0, 0.1) is 5.92 Å². The molecule has 2 nitrogen and oxygen atoms in total. The van der Waals surface area contributed by atoms with Crippen molar-refractivity contribution in [2.45, 2.75) is 44.9 Å². The molecule has 2 aliphatic rings. The van der Waals surface area contributed by atoms with Gasteiger partial charge in [0.25, 0.3) is 0 Å². The number of ether oxygens (including phenoxy) is 1. The molecular formula is C17H22O2. The lowest BCUT2D eigenvalue weighted by Gasteiger charge is -2.21. The second kappa shape index (κ2) is 5.46. The Morgan fingerprint density at radius 3 is 2.84 bits per heavy atom. The molecule has 0 amide bonds. The fourth-order valence-electron chi connectivity index (χ4n) is 3.45. The highest BCUT2D eigenvalue weighted by atomic mass is 16.5. The molecule has 0 N–H and O–H groups in total. The van der Waals surface area contributed by atoms with Gasteiger partial charge in [-0.25, -0.2) is 0 Å². The molecule has 2 heteroatoms. The molecule has 0 bridgehead atoms. The number of ketones is 1. The first-order valence-electron chi connectivity index (χ1n) is 7.48. The summed E-state index contributed by atoms with van der Waals surface area (Å²) >= 11 is 0. The normalized spacial score (nSPS) is 23.3. The van der Waals surface area contributed by atoms with Crippen molar-refractivity contribution < 1.29 is 9.53 Å². The van der Waals surface area contributed by atoms with Gasteiger partial charge in [0.05, 0.1) is 0 Å². The number of rotatable bonds is 3. The Hall–Kier alpha value is -1.15. The summed E-state index contributed by atoms with van der Waals surface area (Å²) in [5.74, 6) is 1.49. The van der Waals surface area contributed by atoms with Crippen molar-refractivity contribution >= 4 is 5.78 Å². The largest absolute Gasteiger partial charge is 0.381 e. The highest BCUT2D eigenvalue weighted by Gasteiger charge is 2.25. The molecular weight excluding hydrogens is 236 g/mol. The van der Waals surface area contributed by atoms with Gasteiger partial charge >= 0.3 is 0 Å². The number of carbonyl (C=O) groups is 1. The quantitative estimate of drug-likeness (QED) is 0.772. The molecule has 19 heavy (non-hydrogen) atoms. The highest BCUT2D eigenvalue weighted by molar-refractivity contribution is 5.98. The van der Waals surface area contributed by atoms with Crippen LogP contribution in [0.25, 0.3) is 0 Å². The van der Waals surface area contributed by atoms with Crippen LogP contribution < -0.4 is 0 Å². The maximum atomic E-state index is 12.5. The third-order valence-electron chi connectivity index (χ3n) is 4.69. The van der Waals surface area contributed by atoms with Crippen LogP contribution in [0.5, 0.6) is 0 Å². The molecule has 1 aromatic rings. The Morgan fingerprint density at radius 2 is 2.05 bits per heavy atom. The first-order valence-corrected chi connectivity index (χ1v) is 7.48. The van der Waals surface area contributed by atoms with Gasteiger partial charge in [-0.2, -0.15) is 0 Å². The van der Waals surface area contributed by atoms with Gasteiger partial charge in [0, 0.05) is 25.2 Å². The summed E-state index contributed by atoms with van der Waals surface area (Å²) in [5.41, 5.74) is 3.72. The Kier molecular flexibility index (Phi) is 3.69. The zero-order valence-electron chi connectivity index (χ0n) is 11.7. The van der Waals surface area contributed by atoms with E-state index in [-0.39, 0.29) is 0 Å². The lowest BCUT2D eigenvalue weighted by Crippen LogP contribution is -2.19. The molecule has 0 unspecified atom stereocenters. The van der Waals surface area contributed by atoms with E-state index in [9.17, 15) is 4.79 Å². The number of Topliss-reactive ketones (excluding diaryl/α,β-unsaturated/α-hetero) is 1. The van der Waals surface area contributed by atoms with Crippen LogP contribution in [0.15, 0.2) is 18.2 Å². The van der Waals surface area contributed by atoms with Gasteiger partial charge in [-0.3, -0.25) is 4.79 Å².